The molecule has 0 radical (unpaired) electrons. The molecule has 0 aliphatic heterocycles. The molecule has 0 bridgehead atoms. The van der Waals surface area contributed by atoms with Crippen molar-refractivity contribution >= 4 is 11.8 Å². The fourth-order valence-electron chi connectivity index (χ4n) is 9.66. The van der Waals surface area contributed by atoms with Crippen molar-refractivity contribution in [2.45, 2.75) is 86.0 Å². The minimum atomic E-state index is -0.585. The van der Waals surface area contributed by atoms with E-state index in [2.05, 4.69) is 46.0 Å². The zero-order chi connectivity index (χ0) is 26.5. The number of fused-ring (bicyclic) bond motifs is 7. The van der Waals surface area contributed by atoms with Crippen LogP contribution in [0.15, 0.2) is 35.3 Å². The van der Waals surface area contributed by atoms with Gasteiger partial charge in [-0.3, -0.25) is 9.59 Å². The lowest BCUT2D eigenvalue weighted by Gasteiger charge is -2.68. The molecular formula is C31H41NO4. The van der Waals surface area contributed by atoms with Gasteiger partial charge in [0.1, 0.15) is 5.76 Å². The monoisotopic (exact) mass is 491 g/mol. The lowest BCUT2D eigenvalue weighted by molar-refractivity contribution is -0.190. The predicted molar refractivity (Wildman–Crippen MR) is 138 cm³/mol. The highest BCUT2D eigenvalue weighted by atomic mass is 16.5. The molecule has 5 aliphatic carbocycles. The molecule has 0 amide bonds. The van der Waals surface area contributed by atoms with Crippen molar-refractivity contribution in [3.05, 3.63) is 46.7 Å². The van der Waals surface area contributed by atoms with Gasteiger partial charge in [-0.2, -0.15) is 0 Å². The van der Waals surface area contributed by atoms with Gasteiger partial charge in [-0.1, -0.05) is 46.8 Å². The topological polar surface area (TPSA) is 68.0 Å². The second kappa shape index (κ2) is 7.59. The van der Waals surface area contributed by atoms with Crippen molar-refractivity contribution < 1.29 is 19.4 Å². The molecule has 5 rings (SSSR count). The molecular weight excluding hydrogens is 450 g/mol. The molecule has 0 unspecified atom stereocenters. The van der Waals surface area contributed by atoms with Crippen LogP contribution in [0.25, 0.3) is 4.85 Å². The number of aliphatic hydroxyl groups is 1. The third kappa shape index (κ3) is 2.93. The summed E-state index contributed by atoms with van der Waals surface area (Å²) >= 11 is 0. The Morgan fingerprint density at radius 1 is 1.14 bits per heavy atom. The SMILES string of the molecule is [C-]#[N+]C1=C(O)C(=C)[C@@H]2CC[C@]3(C)C(=CC(=O)[C@@H]4[C@@H]5CC(C)(C)CC[C@]5(C(=O)OC)CC[C@]43C)[C@@]2(C)C1. The van der Waals surface area contributed by atoms with E-state index in [4.69, 9.17) is 11.3 Å². The fourth-order valence-corrected chi connectivity index (χ4v) is 9.66. The number of nitrogens with zero attached hydrogens (tertiary/aromatic N) is 1. The number of carbonyl (C=O) groups is 2. The quantitative estimate of drug-likeness (QED) is 0.318. The molecule has 1 N–H and O–H groups in total. The van der Waals surface area contributed by atoms with Crippen LogP contribution in [-0.2, 0) is 14.3 Å². The summed E-state index contributed by atoms with van der Waals surface area (Å²) in [6.45, 7) is 23.2. The molecule has 194 valence electrons. The number of hydrogen-bond donors (Lipinski definition) is 1. The molecule has 0 aromatic heterocycles. The van der Waals surface area contributed by atoms with Crippen molar-refractivity contribution in [2.24, 2.45) is 44.8 Å². The molecule has 0 spiro atoms. The Morgan fingerprint density at radius 3 is 2.44 bits per heavy atom. The third-order valence-electron chi connectivity index (χ3n) is 11.9. The van der Waals surface area contributed by atoms with Crippen LogP contribution >= 0.6 is 0 Å². The highest BCUT2D eigenvalue weighted by Crippen LogP contribution is 2.74. The van der Waals surface area contributed by atoms with Crippen molar-refractivity contribution in [3.63, 3.8) is 0 Å². The number of hydrogen-bond acceptors (Lipinski definition) is 4. The molecule has 3 fully saturated rings. The smallest absolute Gasteiger partial charge is 0.312 e. The molecule has 5 heteroatoms. The first-order valence-electron chi connectivity index (χ1n) is 13.5. The number of ether oxygens (including phenoxy) is 1. The van der Waals surface area contributed by atoms with Gasteiger partial charge >= 0.3 is 5.97 Å². The maximum atomic E-state index is 14.3. The largest absolute Gasteiger partial charge is 0.519 e. The summed E-state index contributed by atoms with van der Waals surface area (Å²) < 4.78 is 5.40. The number of rotatable bonds is 1. The standard InChI is InChI=1S/C31H41NO4/c1-18-19-9-10-29(5)23(28(19,4)17-21(32-7)25(18)34)15-22(33)24-20-16-27(2,3)11-13-31(20,26(35)36-8)14-12-30(24,29)6/h15,19-20,24,34H,1,9-14,16-17H2,2-6,8H3/t19-,20-,24-,28-,29+,30+,31-/m0/s1. The first kappa shape index (κ1) is 25.3. The summed E-state index contributed by atoms with van der Waals surface area (Å²) in [4.78, 5) is 31.3. The van der Waals surface area contributed by atoms with E-state index >= 15 is 0 Å². The number of esters is 1. The molecule has 0 aromatic carbocycles. The maximum Gasteiger partial charge on any atom is 0.312 e. The van der Waals surface area contributed by atoms with Crippen molar-refractivity contribution in [3.8, 4) is 0 Å². The summed E-state index contributed by atoms with van der Waals surface area (Å²) in [5, 5.41) is 10.7. The van der Waals surface area contributed by atoms with E-state index in [1.54, 1.807) is 0 Å². The third-order valence-corrected chi connectivity index (χ3v) is 11.9. The average Bonchev–Trinajstić information content (AvgIpc) is 2.82. The number of methoxy groups -OCH3 is 1. The first-order chi connectivity index (χ1) is 16.7. The number of ketones is 1. The fraction of sp³-hybridized carbons (Fsp3) is 0.710. The van der Waals surface area contributed by atoms with E-state index in [9.17, 15) is 14.7 Å². The van der Waals surface area contributed by atoms with E-state index in [1.165, 1.54) is 7.11 Å². The van der Waals surface area contributed by atoms with Gasteiger partial charge in [-0.25, -0.2) is 4.85 Å². The Bertz CT molecular complexity index is 1170. The first-order valence-corrected chi connectivity index (χ1v) is 13.5. The van der Waals surface area contributed by atoms with E-state index in [0.717, 1.165) is 50.5 Å². The number of carbonyl (C=O) groups excluding carboxylic acids is 2. The summed E-state index contributed by atoms with van der Waals surface area (Å²) in [5.74, 6) is -0.204. The highest BCUT2D eigenvalue weighted by molar-refractivity contribution is 5.96. The predicted octanol–water partition coefficient (Wildman–Crippen LogP) is 6.97. The Kier molecular flexibility index (Phi) is 5.33. The van der Waals surface area contributed by atoms with Crippen LogP contribution in [0.1, 0.15) is 86.0 Å². The summed E-state index contributed by atoms with van der Waals surface area (Å²) in [6.07, 6.45) is 8.27. The lowest BCUT2D eigenvalue weighted by Crippen LogP contribution is -2.65. The van der Waals surface area contributed by atoms with Crippen LogP contribution in [-0.4, -0.2) is 24.0 Å². The molecule has 5 aliphatic rings. The van der Waals surface area contributed by atoms with Crippen molar-refractivity contribution in [2.75, 3.05) is 7.11 Å². The van der Waals surface area contributed by atoms with Gasteiger partial charge in [-0.15, -0.1) is 0 Å². The molecule has 3 saturated carbocycles. The van der Waals surface area contributed by atoms with Gasteiger partial charge < -0.3 is 9.84 Å². The second-order valence-electron chi connectivity index (χ2n) is 13.9. The van der Waals surface area contributed by atoms with Crippen LogP contribution in [0.2, 0.25) is 0 Å². The van der Waals surface area contributed by atoms with Crippen LogP contribution in [0.5, 0.6) is 0 Å². The Hall–Kier alpha value is -2.35. The summed E-state index contributed by atoms with van der Waals surface area (Å²) in [7, 11) is 1.49. The van der Waals surface area contributed by atoms with E-state index in [-0.39, 0.29) is 51.5 Å². The average molecular weight is 492 g/mol. The van der Waals surface area contributed by atoms with Gasteiger partial charge in [0.05, 0.1) is 19.1 Å². The Balaban J connectivity index is 1.67. The van der Waals surface area contributed by atoms with Crippen LogP contribution in [0, 0.1) is 51.4 Å². The van der Waals surface area contributed by atoms with Gasteiger partial charge in [0.2, 0.25) is 5.70 Å². The Labute approximate surface area is 215 Å². The van der Waals surface area contributed by atoms with Gasteiger partial charge in [0.25, 0.3) is 0 Å². The minimum Gasteiger partial charge on any atom is -0.519 e. The molecule has 5 nitrogen and oxygen atoms in total. The zero-order valence-corrected chi connectivity index (χ0v) is 22.8. The van der Waals surface area contributed by atoms with E-state index in [0.29, 0.717) is 17.7 Å². The molecule has 7 atom stereocenters. The maximum absolute atomic E-state index is 14.3. The van der Waals surface area contributed by atoms with Crippen LogP contribution in [0.3, 0.4) is 0 Å². The molecule has 0 aromatic rings. The van der Waals surface area contributed by atoms with Crippen molar-refractivity contribution in [1.29, 1.82) is 0 Å². The van der Waals surface area contributed by atoms with E-state index in [1.807, 2.05) is 6.08 Å². The van der Waals surface area contributed by atoms with Crippen LogP contribution in [0.4, 0.5) is 0 Å². The van der Waals surface area contributed by atoms with Gasteiger partial charge in [-0.05, 0) is 96.5 Å². The van der Waals surface area contributed by atoms with Gasteiger partial charge in [0.15, 0.2) is 5.78 Å². The normalized spacial score (nSPS) is 45.4. The van der Waals surface area contributed by atoms with E-state index < -0.39 is 10.8 Å². The number of aliphatic hydroxyl groups excluding tert-OH is 1. The molecule has 0 heterocycles. The van der Waals surface area contributed by atoms with Crippen LogP contribution < -0.4 is 0 Å². The Morgan fingerprint density at radius 2 is 1.81 bits per heavy atom. The number of allylic oxidation sites excluding steroid dienone is 4. The molecule has 0 saturated heterocycles. The zero-order valence-electron chi connectivity index (χ0n) is 22.8. The summed E-state index contributed by atoms with van der Waals surface area (Å²) in [6, 6.07) is 0. The molecule has 36 heavy (non-hydrogen) atoms. The summed E-state index contributed by atoms with van der Waals surface area (Å²) in [5.41, 5.74) is 0.655. The second-order valence-corrected chi connectivity index (χ2v) is 13.9. The lowest BCUT2D eigenvalue weighted by atomic mass is 9.35. The van der Waals surface area contributed by atoms with Crippen molar-refractivity contribution in [1.82, 2.24) is 0 Å². The van der Waals surface area contributed by atoms with Gasteiger partial charge in [0, 0.05) is 5.92 Å². The highest BCUT2D eigenvalue weighted by Gasteiger charge is 2.70. The minimum absolute atomic E-state index is 0.0154.